The van der Waals surface area contributed by atoms with Gasteiger partial charge in [-0.2, -0.15) is 0 Å². The van der Waals surface area contributed by atoms with E-state index in [1.807, 2.05) is 4.90 Å². The van der Waals surface area contributed by atoms with E-state index >= 15 is 0 Å². The van der Waals surface area contributed by atoms with Crippen molar-refractivity contribution in [3.63, 3.8) is 0 Å². The lowest BCUT2D eigenvalue weighted by Gasteiger charge is -2.43. The molecule has 1 N–H and O–H groups in total. The van der Waals surface area contributed by atoms with Gasteiger partial charge in [0.15, 0.2) is 5.43 Å². The molecule has 6 nitrogen and oxygen atoms in total. The molecule has 0 spiro atoms. The molecule has 2 aromatic heterocycles. The molecule has 2 fully saturated rings. The average Bonchev–Trinajstić information content (AvgIpc) is 3.56. The minimum Gasteiger partial charge on any atom is -0.480 e. The van der Waals surface area contributed by atoms with E-state index in [0.29, 0.717) is 39.1 Å². The number of benzene rings is 1. The highest BCUT2D eigenvalue weighted by molar-refractivity contribution is 7.99. The summed E-state index contributed by atoms with van der Waals surface area (Å²) < 4.78 is 28.8. The number of anilines is 1. The molecular weight excluding hydrogens is 472 g/mol. The van der Waals surface area contributed by atoms with Gasteiger partial charge in [-0.1, -0.05) is 11.6 Å². The predicted octanol–water partition coefficient (Wildman–Crippen LogP) is 5.02. The highest BCUT2D eigenvalue weighted by atomic mass is 35.5. The van der Waals surface area contributed by atoms with E-state index in [1.165, 1.54) is 16.3 Å². The molecule has 0 radical (unpaired) electrons. The molecule has 5 rings (SSSR count). The molecule has 2 heterocycles. The van der Waals surface area contributed by atoms with Crippen molar-refractivity contribution < 1.29 is 18.7 Å². The second-order valence-corrected chi connectivity index (χ2v) is 10.1. The minimum atomic E-state index is -2.67. The number of aromatic nitrogens is 2. The molecule has 33 heavy (non-hydrogen) atoms. The molecular formula is C23H22ClF2N3O3S. The molecule has 2 saturated carbocycles. The van der Waals surface area contributed by atoms with Crippen molar-refractivity contribution >= 4 is 57.1 Å². The van der Waals surface area contributed by atoms with Gasteiger partial charge in [0.1, 0.15) is 18.0 Å². The van der Waals surface area contributed by atoms with Crippen LogP contribution in [-0.2, 0) is 11.3 Å². The van der Waals surface area contributed by atoms with Gasteiger partial charge in [0.25, 0.3) is 5.92 Å². The Morgan fingerprint density at radius 3 is 2.58 bits per heavy atom. The number of halogens is 3. The van der Waals surface area contributed by atoms with Crippen molar-refractivity contribution in [1.82, 2.24) is 9.55 Å². The van der Waals surface area contributed by atoms with Gasteiger partial charge in [0, 0.05) is 30.8 Å². The number of hydrogen-bond acceptors (Lipinski definition) is 5. The summed E-state index contributed by atoms with van der Waals surface area (Å²) in [6.45, 7) is 0.208. The Hall–Kier alpha value is -2.39. The first-order valence-electron chi connectivity index (χ1n) is 10.7. The summed E-state index contributed by atoms with van der Waals surface area (Å²) >= 11 is 7.69. The highest BCUT2D eigenvalue weighted by Crippen LogP contribution is 2.44. The van der Waals surface area contributed by atoms with E-state index in [1.54, 1.807) is 30.5 Å². The van der Waals surface area contributed by atoms with Crippen LogP contribution >= 0.6 is 23.4 Å². The van der Waals surface area contributed by atoms with Crippen LogP contribution in [0.15, 0.2) is 34.0 Å². The number of fused-ring (bicyclic) bond motifs is 2. The number of thioether (sulfide) groups is 1. The van der Waals surface area contributed by atoms with Crippen molar-refractivity contribution in [2.24, 2.45) is 5.92 Å². The van der Waals surface area contributed by atoms with Gasteiger partial charge in [0.2, 0.25) is 0 Å². The maximum absolute atomic E-state index is 13.7. The SMILES string of the molecule is CSc1c(Cl)ccc2c(=O)c3ccc(N(CC4CC4)C4CC(F)(F)C4)nc3n(CC(=O)O)c12. The Kier molecular flexibility index (Phi) is 5.52. The quantitative estimate of drug-likeness (QED) is 0.368. The standard InChI is InChI=1S/C23H22ClF2N3O3S/c1-33-21-16(24)6-4-14-19(21)29(11-18(30)31)22-15(20(14)32)5-7-17(27-22)28(10-12-2-3-12)13-8-23(25,26)9-13/h4-7,12-13H,2-3,8-11H2,1H3,(H,30,31). The third-order valence-corrected chi connectivity index (χ3v) is 7.66. The fraction of sp³-hybridized carbons (Fsp3) is 0.435. The molecule has 0 saturated heterocycles. The van der Waals surface area contributed by atoms with Crippen LogP contribution in [0.25, 0.3) is 21.9 Å². The fourth-order valence-corrected chi connectivity index (χ4v) is 5.63. The lowest BCUT2D eigenvalue weighted by Crippen LogP contribution is -2.52. The van der Waals surface area contributed by atoms with Crippen molar-refractivity contribution in [3.8, 4) is 0 Å². The first kappa shape index (κ1) is 22.4. The van der Waals surface area contributed by atoms with Crippen molar-refractivity contribution in [3.05, 3.63) is 39.5 Å². The number of carbonyl (C=O) groups is 1. The predicted molar refractivity (Wildman–Crippen MR) is 126 cm³/mol. The maximum atomic E-state index is 13.7. The molecule has 0 atom stereocenters. The van der Waals surface area contributed by atoms with E-state index in [9.17, 15) is 23.5 Å². The first-order chi connectivity index (χ1) is 15.7. The number of rotatable bonds is 7. The zero-order valence-corrected chi connectivity index (χ0v) is 19.4. The summed E-state index contributed by atoms with van der Waals surface area (Å²) in [4.78, 5) is 32.3. The zero-order chi connectivity index (χ0) is 23.5. The molecule has 174 valence electrons. The molecule has 0 unspecified atom stereocenters. The third kappa shape index (κ3) is 4.05. The number of carboxylic acid groups (broad SMARTS) is 1. The normalized spacial score (nSPS) is 17.9. The van der Waals surface area contributed by atoms with Crippen LogP contribution in [0.5, 0.6) is 0 Å². The van der Waals surface area contributed by atoms with Crippen molar-refractivity contribution in [2.75, 3.05) is 17.7 Å². The Morgan fingerprint density at radius 1 is 1.27 bits per heavy atom. The molecule has 0 amide bonds. The smallest absolute Gasteiger partial charge is 0.323 e. The summed E-state index contributed by atoms with van der Waals surface area (Å²) in [5.74, 6) is -2.83. The first-order valence-corrected chi connectivity index (χ1v) is 12.3. The minimum absolute atomic E-state index is 0.219. The molecule has 2 aliphatic carbocycles. The second-order valence-electron chi connectivity index (χ2n) is 8.84. The number of hydrogen-bond donors (Lipinski definition) is 1. The lowest BCUT2D eigenvalue weighted by atomic mass is 9.86. The molecule has 10 heteroatoms. The van der Waals surface area contributed by atoms with Gasteiger partial charge in [-0.3, -0.25) is 9.59 Å². The highest BCUT2D eigenvalue weighted by Gasteiger charge is 2.49. The lowest BCUT2D eigenvalue weighted by molar-refractivity contribution is -0.137. The summed E-state index contributed by atoms with van der Waals surface area (Å²) in [5.41, 5.74) is 0.372. The van der Waals surface area contributed by atoms with Crippen LogP contribution in [0.3, 0.4) is 0 Å². The summed E-state index contributed by atoms with van der Waals surface area (Å²) in [6.07, 6.45) is 3.45. The van der Waals surface area contributed by atoms with Crippen LogP contribution in [0, 0.1) is 5.92 Å². The number of alkyl halides is 2. The van der Waals surface area contributed by atoms with Crippen LogP contribution in [0.4, 0.5) is 14.6 Å². The molecule has 3 aromatic rings. The van der Waals surface area contributed by atoms with Crippen LogP contribution in [-0.4, -0.2) is 45.4 Å². The van der Waals surface area contributed by atoms with Gasteiger partial charge < -0.3 is 14.6 Å². The van der Waals surface area contributed by atoms with Crippen molar-refractivity contribution in [2.45, 2.75) is 49.1 Å². The van der Waals surface area contributed by atoms with E-state index in [0.717, 1.165) is 12.8 Å². The Bertz CT molecular complexity index is 1330. The number of nitrogens with zero attached hydrogens (tertiary/aromatic N) is 3. The van der Waals surface area contributed by atoms with E-state index in [4.69, 9.17) is 16.6 Å². The summed E-state index contributed by atoms with van der Waals surface area (Å²) in [6, 6.07) is 6.21. The second kappa shape index (κ2) is 8.13. The number of carboxylic acids is 1. The Labute approximate surface area is 197 Å². The monoisotopic (exact) mass is 493 g/mol. The Morgan fingerprint density at radius 2 is 1.97 bits per heavy atom. The van der Waals surface area contributed by atoms with Gasteiger partial charge in [-0.15, -0.1) is 11.8 Å². The van der Waals surface area contributed by atoms with E-state index < -0.39 is 18.4 Å². The number of pyridine rings is 2. The molecule has 2 aliphatic rings. The zero-order valence-electron chi connectivity index (χ0n) is 17.9. The summed E-state index contributed by atoms with van der Waals surface area (Å²) in [5, 5.41) is 10.7. The van der Waals surface area contributed by atoms with E-state index in [2.05, 4.69) is 0 Å². The van der Waals surface area contributed by atoms with E-state index in [-0.39, 0.29) is 35.3 Å². The van der Waals surface area contributed by atoms with Crippen molar-refractivity contribution in [1.29, 1.82) is 0 Å². The van der Waals surface area contributed by atoms with Gasteiger partial charge in [-0.25, -0.2) is 13.8 Å². The van der Waals surface area contributed by atoms with Gasteiger partial charge >= 0.3 is 5.97 Å². The molecule has 1 aromatic carbocycles. The number of aliphatic carboxylic acids is 1. The summed E-state index contributed by atoms with van der Waals surface area (Å²) in [7, 11) is 0. The maximum Gasteiger partial charge on any atom is 0.323 e. The van der Waals surface area contributed by atoms with Crippen LogP contribution < -0.4 is 10.3 Å². The molecule has 0 bridgehead atoms. The average molecular weight is 494 g/mol. The third-order valence-electron chi connectivity index (χ3n) is 6.41. The largest absolute Gasteiger partial charge is 0.480 e. The molecule has 0 aliphatic heterocycles. The fourth-order valence-electron chi connectivity index (χ4n) is 4.57. The van der Waals surface area contributed by atoms with Gasteiger partial charge in [0.05, 0.1) is 20.8 Å². The van der Waals surface area contributed by atoms with Crippen LogP contribution in [0.2, 0.25) is 5.02 Å². The Balaban J connectivity index is 1.74. The van der Waals surface area contributed by atoms with Gasteiger partial charge in [-0.05, 0) is 49.3 Å². The van der Waals surface area contributed by atoms with Crippen LogP contribution in [0.1, 0.15) is 25.7 Å². The topological polar surface area (TPSA) is 75.4 Å².